The number of hydrogen-bond donors (Lipinski definition) is 5. The average Bonchev–Trinajstić information content (AvgIpc) is 3.36. The van der Waals surface area contributed by atoms with Gasteiger partial charge in [0.25, 0.3) is 22.6 Å². The summed E-state index contributed by atoms with van der Waals surface area (Å²) in [5.41, 5.74) is -4.67. The van der Waals surface area contributed by atoms with Gasteiger partial charge in [-0.15, -0.1) is 0 Å². The highest BCUT2D eigenvalue weighted by atomic mass is 16.4. The molecule has 1 aliphatic heterocycles. The molecule has 0 atom stereocenters. The van der Waals surface area contributed by atoms with Crippen LogP contribution in [0.2, 0.25) is 0 Å². The predicted molar refractivity (Wildman–Crippen MR) is 143 cm³/mol. The number of rotatable bonds is 10. The van der Waals surface area contributed by atoms with E-state index < -0.39 is 83.2 Å². The normalized spacial score (nSPS) is 13.1. The van der Waals surface area contributed by atoms with Crippen molar-refractivity contribution in [2.75, 3.05) is 7.05 Å². The third-order valence-electron chi connectivity index (χ3n) is 6.50. The Morgan fingerprint density at radius 3 is 1.95 bits per heavy atom. The number of carboxylic acid groups (broad SMARTS) is 4. The van der Waals surface area contributed by atoms with E-state index in [-0.39, 0.29) is 33.2 Å². The first-order chi connectivity index (χ1) is 20.1. The van der Waals surface area contributed by atoms with Crippen LogP contribution >= 0.6 is 0 Å². The Bertz CT molecular complexity index is 2110. The van der Waals surface area contributed by atoms with E-state index in [0.717, 1.165) is 27.9 Å². The molecule has 18 nitrogen and oxygen atoms in total. The summed E-state index contributed by atoms with van der Waals surface area (Å²) in [5.74, 6) is -6.58. The fraction of sp³-hybridized carbons (Fsp3) is 0.240. The second-order valence-corrected chi connectivity index (χ2v) is 9.35. The Hall–Kier alpha value is -6.07. The quantitative estimate of drug-likeness (QED) is 0.154. The van der Waals surface area contributed by atoms with Gasteiger partial charge in [-0.1, -0.05) is 6.08 Å². The minimum Gasteiger partial charge on any atom is -0.481 e. The number of allylic oxidation sites excluding steroid dienone is 1. The molecule has 3 aromatic rings. The van der Waals surface area contributed by atoms with E-state index in [1.807, 2.05) is 0 Å². The molecular formula is C25H22N6O12. The lowest BCUT2D eigenvalue weighted by atomic mass is 10.0. The van der Waals surface area contributed by atoms with Gasteiger partial charge in [0.05, 0.1) is 23.8 Å². The smallest absolute Gasteiger partial charge is 0.323 e. The molecule has 0 fully saturated rings. The van der Waals surface area contributed by atoms with Crippen LogP contribution in [-0.2, 0) is 52.2 Å². The number of aromatic nitrogens is 4. The van der Waals surface area contributed by atoms with Crippen molar-refractivity contribution in [3.05, 3.63) is 70.1 Å². The zero-order chi connectivity index (χ0) is 31.9. The Balaban J connectivity index is 2.09. The van der Waals surface area contributed by atoms with E-state index in [2.05, 4.69) is 10.2 Å². The number of aryl methyl sites for hydroxylation is 1. The lowest BCUT2D eigenvalue weighted by Crippen LogP contribution is -2.48. The van der Waals surface area contributed by atoms with E-state index in [9.17, 15) is 58.8 Å². The van der Waals surface area contributed by atoms with Crippen LogP contribution in [0.15, 0.2) is 25.6 Å². The summed E-state index contributed by atoms with van der Waals surface area (Å²) in [6, 6.07) is 0. The summed E-state index contributed by atoms with van der Waals surface area (Å²) < 4.78 is 2.31. The molecule has 5 N–H and O–H groups in total. The minimum absolute atomic E-state index is 0.234. The number of carboxylic acids is 4. The summed E-state index contributed by atoms with van der Waals surface area (Å²) in [7, 11) is 2.50. The van der Waals surface area contributed by atoms with Gasteiger partial charge < -0.3 is 20.4 Å². The van der Waals surface area contributed by atoms with Crippen molar-refractivity contribution in [2.45, 2.75) is 25.9 Å². The summed E-state index contributed by atoms with van der Waals surface area (Å²) in [6.07, 6.45) is 1.36. The third-order valence-corrected chi connectivity index (χ3v) is 6.50. The molecule has 0 saturated heterocycles. The van der Waals surface area contributed by atoms with Crippen LogP contribution in [0.25, 0.3) is 23.2 Å². The zero-order valence-electron chi connectivity index (χ0n) is 22.4. The highest BCUT2D eigenvalue weighted by Gasteiger charge is 2.30. The molecule has 1 amide bonds. The molecule has 43 heavy (non-hydrogen) atoms. The largest absolute Gasteiger partial charge is 0.481 e. The van der Waals surface area contributed by atoms with Crippen LogP contribution in [-0.4, -0.2) is 81.2 Å². The number of aromatic amines is 1. The van der Waals surface area contributed by atoms with Crippen molar-refractivity contribution in [2.24, 2.45) is 12.1 Å². The zero-order valence-corrected chi connectivity index (χ0v) is 22.4. The Morgan fingerprint density at radius 1 is 0.791 bits per heavy atom. The summed E-state index contributed by atoms with van der Waals surface area (Å²) in [6.45, 7) is -1.83. The first-order valence-corrected chi connectivity index (χ1v) is 12.2. The maximum atomic E-state index is 13.4. The van der Waals surface area contributed by atoms with Crippen LogP contribution in [0.5, 0.6) is 0 Å². The van der Waals surface area contributed by atoms with E-state index in [1.54, 1.807) is 0 Å². The van der Waals surface area contributed by atoms with Gasteiger partial charge in [-0.2, -0.15) is 5.10 Å². The molecule has 0 saturated carbocycles. The van der Waals surface area contributed by atoms with Gasteiger partial charge in [-0.3, -0.25) is 57.3 Å². The van der Waals surface area contributed by atoms with Gasteiger partial charge in [-0.05, 0) is 23.3 Å². The average molecular weight is 598 g/mol. The number of amides is 1. The summed E-state index contributed by atoms with van der Waals surface area (Å²) in [4.78, 5) is 98.9. The number of fused-ring (bicyclic) bond motifs is 2. The highest BCUT2D eigenvalue weighted by molar-refractivity contribution is 5.97. The SMILES string of the molecule is CN1N=c2c(c(CC(=O)O)c(=CC=Cc3c(CC(=O)O)c4c(=O)n(C)[nH]c4n(CC(=O)O)c3=O)c(=O)n2CC(=O)O)C1=O. The van der Waals surface area contributed by atoms with Crippen molar-refractivity contribution in [1.82, 2.24) is 23.9 Å². The van der Waals surface area contributed by atoms with Crippen LogP contribution in [0.3, 0.4) is 0 Å². The topological polar surface area (TPSA) is 264 Å². The molecule has 224 valence electrons. The first kappa shape index (κ1) is 29.9. The summed E-state index contributed by atoms with van der Waals surface area (Å²) in [5, 5.41) is 44.2. The Morgan fingerprint density at radius 2 is 1.37 bits per heavy atom. The van der Waals surface area contributed by atoms with Gasteiger partial charge >= 0.3 is 23.9 Å². The van der Waals surface area contributed by atoms with Crippen molar-refractivity contribution in [3.8, 4) is 0 Å². The number of carbonyl (C=O) groups is 5. The fourth-order valence-corrected chi connectivity index (χ4v) is 4.79. The molecule has 0 spiro atoms. The molecule has 4 rings (SSSR count). The second-order valence-electron chi connectivity index (χ2n) is 9.35. The standard InChI is InChI=1S/C25H22N6O12/c1-28-24(42)18-12(6-14(32)33)10(22(40)30(8-16(36)37)20(18)26-28)4-3-5-11-13(7-15(34)35)19-21(27-29(2)25(19)43)31(23(11)41)9-17(38)39/h3-5,26H,6-9H2,1-2H3,(H,32,33)(H,34,35)(H,36,37)(H,38,39). The van der Waals surface area contributed by atoms with Gasteiger partial charge in [0.1, 0.15) is 18.7 Å². The molecule has 1 aliphatic rings. The Kier molecular flexibility index (Phi) is 7.70. The van der Waals surface area contributed by atoms with Crippen LogP contribution in [0.4, 0.5) is 0 Å². The second kappa shape index (κ2) is 11.1. The van der Waals surface area contributed by atoms with Gasteiger partial charge in [0, 0.05) is 24.9 Å². The lowest BCUT2D eigenvalue weighted by molar-refractivity contribution is -0.138. The molecule has 0 unspecified atom stereocenters. The number of carbonyl (C=O) groups excluding carboxylic acids is 1. The number of H-pyrrole nitrogens is 1. The van der Waals surface area contributed by atoms with E-state index in [0.29, 0.717) is 9.13 Å². The molecule has 0 aromatic carbocycles. The predicted octanol–water partition coefficient (Wildman–Crippen LogP) is -3.27. The first-order valence-electron chi connectivity index (χ1n) is 12.2. The maximum absolute atomic E-state index is 13.4. The number of hydrogen-bond acceptors (Lipinski definition) is 9. The van der Waals surface area contributed by atoms with Crippen LogP contribution in [0, 0.1) is 0 Å². The van der Waals surface area contributed by atoms with Crippen LogP contribution < -0.4 is 27.4 Å². The molecule has 0 bridgehead atoms. The number of pyridine rings is 2. The number of nitrogens with zero attached hydrogens (tertiary/aromatic N) is 5. The van der Waals surface area contributed by atoms with Crippen molar-refractivity contribution < 1.29 is 44.4 Å². The molecule has 0 aliphatic carbocycles. The van der Waals surface area contributed by atoms with Gasteiger partial charge in [0.2, 0.25) is 0 Å². The molecule has 4 heterocycles. The highest BCUT2D eigenvalue weighted by Crippen LogP contribution is 2.18. The van der Waals surface area contributed by atoms with E-state index in [1.165, 1.54) is 14.1 Å². The van der Waals surface area contributed by atoms with Crippen molar-refractivity contribution in [3.63, 3.8) is 0 Å². The van der Waals surface area contributed by atoms with E-state index >= 15 is 0 Å². The maximum Gasteiger partial charge on any atom is 0.323 e. The molecule has 18 heteroatoms. The lowest BCUT2D eigenvalue weighted by Gasteiger charge is -2.11. The third kappa shape index (κ3) is 5.35. The monoisotopic (exact) mass is 598 g/mol. The van der Waals surface area contributed by atoms with E-state index in [4.69, 9.17) is 0 Å². The molecule has 0 radical (unpaired) electrons. The number of aliphatic carboxylic acids is 4. The molecular weight excluding hydrogens is 576 g/mol. The van der Waals surface area contributed by atoms with Gasteiger partial charge in [0.15, 0.2) is 5.49 Å². The minimum atomic E-state index is -1.47. The van der Waals surface area contributed by atoms with Crippen molar-refractivity contribution in [1.29, 1.82) is 0 Å². The van der Waals surface area contributed by atoms with Crippen LogP contribution in [0.1, 0.15) is 27.0 Å². The summed E-state index contributed by atoms with van der Waals surface area (Å²) >= 11 is 0. The Labute approximate surface area is 236 Å². The fourth-order valence-electron chi connectivity index (χ4n) is 4.79. The van der Waals surface area contributed by atoms with Crippen molar-refractivity contribution >= 4 is 53.0 Å². The van der Waals surface area contributed by atoms with Gasteiger partial charge in [-0.25, -0.2) is 5.01 Å². The molecule has 3 aromatic heterocycles. The number of nitrogens with one attached hydrogen (secondary N) is 1.